The summed E-state index contributed by atoms with van der Waals surface area (Å²) in [4.78, 5) is 0. The van der Waals surface area contributed by atoms with Crippen molar-refractivity contribution >= 4 is 0 Å². The van der Waals surface area contributed by atoms with Gasteiger partial charge in [-0.05, 0) is 24.8 Å². The SMILES string of the molecule is C=C1C2O[C@@H](OC)[C@H]3[C@H]1C[C@H](O)[C@@]3(C)O2. The third-order valence-corrected chi connectivity index (χ3v) is 4.16. The monoisotopic (exact) mass is 212 g/mol. The molecule has 1 N–H and O–H groups in total. The van der Waals surface area contributed by atoms with Crippen LogP contribution >= 0.6 is 0 Å². The van der Waals surface area contributed by atoms with Crippen molar-refractivity contribution in [2.45, 2.75) is 37.6 Å². The normalized spacial score (nSPS) is 57.5. The van der Waals surface area contributed by atoms with E-state index in [2.05, 4.69) is 6.58 Å². The fourth-order valence-electron chi connectivity index (χ4n) is 3.25. The van der Waals surface area contributed by atoms with Crippen molar-refractivity contribution in [2.24, 2.45) is 11.8 Å². The highest BCUT2D eigenvalue weighted by atomic mass is 16.8. The van der Waals surface area contributed by atoms with E-state index in [1.54, 1.807) is 7.11 Å². The van der Waals surface area contributed by atoms with Crippen LogP contribution in [0.25, 0.3) is 0 Å². The Morgan fingerprint density at radius 3 is 3.00 bits per heavy atom. The minimum atomic E-state index is -0.532. The molecule has 1 unspecified atom stereocenters. The largest absolute Gasteiger partial charge is 0.390 e. The summed E-state index contributed by atoms with van der Waals surface area (Å²) in [6.45, 7) is 5.93. The lowest BCUT2D eigenvalue weighted by molar-refractivity contribution is -0.369. The van der Waals surface area contributed by atoms with Gasteiger partial charge in [-0.3, -0.25) is 0 Å². The first kappa shape index (κ1) is 9.78. The van der Waals surface area contributed by atoms with Gasteiger partial charge in [0.25, 0.3) is 0 Å². The first-order valence-corrected chi connectivity index (χ1v) is 5.30. The Bertz CT molecular complexity index is 316. The molecule has 84 valence electrons. The Hall–Kier alpha value is -0.420. The van der Waals surface area contributed by atoms with Crippen LogP contribution in [0.4, 0.5) is 0 Å². The predicted octanol–water partition coefficient (Wildman–Crippen LogP) is 0.657. The number of aliphatic hydroxyl groups excluding tert-OH is 1. The fourth-order valence-corrected chi connectivity index (χ4v) is 3.25. The summed E-state index contributed by atoms with van der Waals surface area (Å²) < 4.78 is 16.7. The Morgan fingerprint density at radius 2 is 2.33 bits per heavy atom. The molecule has 3 aliphatic heterocycles. The molecule has 0 aromatic carbocycles. The Morgan fingerprint density at radius 1 is 1.60 bits per heavy atom. The number of hydrogen-bond acceptors (Lipinski definition) is 4. The maximum atomic E-state index is 10.0. The zero-order valence-electron chi connectivity index (χ0n) is 8.97. The quantitative estimate of drug-likeness (QED) is 0.649. The Kier molecular flexibility index (Phi) is 1.84. The molecule has 0 radical (unpaired) electrons. The molecular formula is C11H16O4. The lowest BCUT2D eigenvalue weighted by atomic mass is 9.77. The maximum absolute atomic E-state index is 10.0. The number of rotatable bonds is 1. The van der Waals surface area contributed by atoms with E-state index in [0.717, 1.165) is 5.57 Å². The van der Waals surface area contributed by atoms with Gasteiger partial charge < -0.3 is 19.3 Å². The number of ether oxygens (including phenoxy) is 3. The third kappa shape index (κ3) is 1.00. The molecule has 3 saturated heterocycles. The molecule has 0 spiro atoms. The molecule has 1 aliphatic carbocycles. The van der Waals surface area contributed by atoms with Crippen LogP contribution in [-0.4, -0.2) is 36.5 Å². The van der Waals surface area contributed by atoms with Gasteiger partial charge in [-0.1, -0.05) is 6.58 Å². The minimum Gasteiger partial charge on any atom is -0.390 e. The second-order valence-corrected chi connectivity index (χ2v) is 4.83. The van der Waals surface area contributed by atoms with Crippen molar-refractivity contribution in [1.82, 2.24) is 0 Å². The Labute approximate surface area is 88.8 Å². The highest BCUT2D eigenvalue weighted by Gasteiger charge is 2.65. The smallest absolute Gasteiger partial charge is 0.183 e. The van der Waals surface area contributed by atoms with Crippen molar-refractivity contribution in [3.8, 4) is 0 Å². The van der Waals surface area contributed by atoms with Gasteiger partial charge in [0, 0.05) is 13.0 Å². The van der Waals surface area contributed by atoms with E-state index < -0.39 is 18.0 Å². The van der Waals surface area contributed by atoms with Crippen LogP contribution in [0.5, 0.6) is 0 Å². The van der Waals surface area contributed by atoms with Gasteiger partial charge in [-0.2, -0.15) is 0 Å². The summed E-state index contributed by atoms with van der Waals surface area (Å²) in [6.07, 6.45) is -0.427. The molecule has 4 nitrogen and oxygen atoms in total. The van der Waals surface area contributed by atoms with E-state index >= 15 is 0 Å². The zero-order chi connectivity index (χ0) is 10.8. The first-order valence-electron chi connectivity index (χ1n) is 5.30. The van der Waals surface area contributed by atoms with E-state index in [1.165, 1.54) is 0 Å². The van der Waals surface area contributed by atoms with E-state index in [1.807, 2.05) is 6.92 Å². The van der Waals surface area contributed by atoms with Crippen LogP contribution in [0.1, 0.15) is 13.3 Å². The standard InChI is InChI=1S/C11H16O4/c1-5-6-4-7(12)11(2)8(6)10(13-3)14-9(5)15-11/h6-10,12H,1,4H2,2-3H3/t6-,7-,8+,9?,10+,11+/m0/s1. The van der Waals surface area contributed by atoms with Gasteiger partial charge in [0.05, 0.1) is 6.10 Å². The molecule has 3 heterocycles. The molecule has 0 aromatic rings. The Balaban J connectivity index is 2.04. The summed E-state index contributed by atoms with van der Waals surface area (Å²) in [7, 11) is 1.63. The van der Waals surface area contributed by atoms with Crippen molar-refractivity contribution in [2.75, 3.05) is 7.11 Å². The van der Waals surface area contributed by atoms with E-state index in [4.69, 9.17) is 14.2 Å². The molecule has 6 atom stereocenters. The third-order valence-electron chi connectivity index (χ3n) is 4.16. The van der Waals surface area contributed by atoms with Crippen LogP contribution in [0, 0.1) is 11.8 Å². The lowest BCUT2D eigenvalue weighted by Gasteiger charge is -2.52. The van der Waals surface area contributed by atoms with Gasteiger partial charge in [0.2, 0.25) is 0 Å². The van der Waals surface area contributed by atoms with Crippen molar-refractivity contribution in [3.63, 3.8) is 0 Å². The second kappa shape index (κ2) is 2.83. The number of methoxy groups -OCH3 is 1. The van der Waals surface area contributed by atoms with Crippen molar-refractivity contribution in [1.29, 1.82) is 0 Å². The predicted molar refractivity (Wildman–Crippen MR) is 51.9 cm³/mol. The summed E-state index contributed by atoms with van der Waals surface area (Å²) >= 11 is 0. The topological polar surface area (TPSA) is 47.9 Å². The summed E-state index contributed by atoms with van der Waals surface area (Å²) in [5.41, 5.74) is 0.414. The van der Waals surface area contributed by atoms with E-state index in [-0.39, 0.29) is 18.1 Å². The number of hydrogen-bond donors (Lipinski definition) is 1. The van der Waals surface area contributed by atoms with Crippen LogP contribution in [0.15, 0.2) is 12.2 Å². The zero-order valence-corrected chi connectivity index (χ0v) is 8.97. The average Bonchev–Trinajstić information content (AvgIpc) is 2.44. The summed E-state index contributed by atoms with van der Waals surface area (Å²) in [5.74, 6) is 0.331. The van der Waals surface area contributed by atoms with E-state index in [0.29, 0.717) is 6.42 Å². The molecule has 4 bridgehead atoms. The van der Waals surface area contributed by atoms with Crippen molar-refractivity contribution in [3.05, 3.63) is 12.2 Å². The average molecular weight is 212 g/mol. The van der Waals surface area contributed by atoms with Gasteiger partial charge >= 0.3 is 0 Å². The van der Waals surface area contributed by atoms with E-state index in [9.17, 15) is 5.11 Å². The van der Waals surface area contributed by atoms with Gasteiger partial charge in [-0.25, -0.2) is 0 Å². The maximum Gasteiger partial charge on any atom is 0.183 e. The molecule has 0 amide bonds. The molecule has 4 heteroatoms. The van der Waals surface area contributed by atoms with Crippen LogP contribution < -0.4 is 0 Å². The molecule has 4 aliphatic rings. The molecule has 4 fully saturated rings. The fraction of sp³-hybridized carbons (Fsp3) is 0.818. The number of aliphatic hydroxyl groups is 1. The molecule has 15 heavy (non-hydrogen) atoms. The van der Waals surface area contributed by atoms with Gasteiger partial charge in [0.1, 0.15) is 5.60 Å². The van der Waals surface area contributed by atoms with Crippen LogP contribution in [0.3, 0.4) is 0 Å². The molecular weight excluding hydrogens is 196 g/mol. The molecule has 1 saturated carbocycles. The van der Waals surface area contributed by atoms with Crippen LogP contribution in [0.2, 0.25) is 0 Å². The lowest BCUT2D eigenvalue weighted by Crippen LogP contribution is -2.61. The summed E-state index contributed by atoms with van der Waals surface area (Å²) in [6, 6.07) is 0. The van der Waals surface area contributed by atoms with Gasteiger partial charge in [0.15, 0.2) is 12.6 Å². The minimum absolute atomic E-state index is 0.0648. The van der Waals surface area contributed by atoms with Crippen LogP contribution in [-0.2, 0) is 14.2 Å². The highest BCUT2D eigenvalue weighted by molar-refractivity contribution is 5.23. The molecule has 0 aromatic heterocycles. The number of fused-ring (bicyclic) bond motifs is 1. The highest BCUT2D eigenvalue weighted by Crippen LogP contribution is 2.57. The van der Waals surface area contributed by atoms with Gasteiger partial charge in [-0.15, -0.1) is 0 Å². The second-order valence-electron chi connectivity index (χ2n) is 4.83. The molecule has 4 rings (SSSR count). The van der Waals surface area contributed by atoms with Crippen molar-refractivity contribution < 1.29 is 19.3 Å². The first-order chi connectivity index (χ1) is 7.08. The summed E-state index contributed by atoms with van der Waals surface area (Å²) in [5, 5.41) is 10.0.